The van der Waals surface area contributed by atoms with Gasteiger partial charge in [0, 0.05) is 37.5 Å². The number of anilines is 4. The molecule has 1 aromatic heterocycles. The van der Waals surface area contributed by atoms with Crippen LogP contribution in [0.4, 0.5) is 23.0 Å². The van der Waals surface area contributed by atoms with Gasteiger partial charge in [-0.1, -0.05) is 30.3 Å². The molecule has 0 unspecified atom stereocenters. The highest BCUT2D eigenvalue weighted by atomic mass is 16.1. The second-order valence-electron chi connectivity index (χ2n) is 6.14. The molecule has 0 bridgehead atoms. The van der Waals surface area contributed by atoms with Gasteiger partial charge in [-0.25, -0.2) is 9.97 Å². The summed E-state index contributed by atoms with van der Waals surface area (Å²) < 4.78 is 0. The molecule has 2 N–H and O–H groups in total. The first-order valence-electron chi connectivity index (χ1n) is 8.89. The fourth-order valence-corrected chi connectivity index (χ4v) is 2.73. The van der Waals surface area contributed by atoms with Crippen molar-refractivity contribution < 1.29 is 4.79 Å². The molecule has 6 heteroatoms. The van der Waals surface area contributed by atoms with Gasteiger partial charge in [-0.3, -0.25) is 4.79 Å². The van der Waals surface area contributed by atoms with E-state index < -0.39 is 0 Å². The Labute approximate surface area is 159 Å². The molecule has 27 heavy (non-hydrogen) atoms. The van der Waals surface area contributed by atoms with Gasteiger partial charge in [0.25, 0.3) is 0 Å². The molecule has 0 spiro atoms. The molecule has 0 radical (unpaired) electrons. The smallest absolute Gasteiger partial charge is 0.221 e. The summed E-state index contributed by atoms with van der Waals surface area (Å²) in [4.78, 5) is 22.0. The SMILES string of the molecule is CCN(Cc1ccccc1)c1cc(Nc2ccc(NC(C)=O)cc2)ncn1. The first-order valence-corrected chi connectivity index (χ1v) is 8.89. The lowest BCUT2D eigenvalue weighted by Gasteiger charge is -2.22. The molecule has 2 aromatic carbocycles. The van der Waals surface area contributed by atoms with Crippen LogP contribution in [0.1, 0.15) is 19.4 Å². The van der Waals surface area contributed by atoms with Crippen molar-refractivity contribution in [1.82, 2.24) is 9.97 Å². The monoisotopic (exact) mass is 361 g/mol. The Kier molecular flexibility index (Phi) is 5.99. The van der Waals surface area contributed by atoms with Crippen LogP contribution in [0.2, 0.25) is 0 Å². The van der Waals surface area contributed by atoms with Gasteiger partial charge in [0.1, 0.15) is 18.0 Å². The van der Waals surface area contributed by atoms with Gasteiger partial charge in [0.15, 0.2) is 0 Å². The van der Waals surface area contributed by atoms with Crippen molar-refractivity contribution in [3.63, 3.8) is 0 Å². The molecule has 138 valence electrons. The molecule has 3 aromatic rings. The fraction of sp³-hybridized carbons (Fsp3) is 0.190. The number of rotatable bonds is 7. The number of nitrogens with zero attached hydrogens (tertiary/aromatic N) is 3. The van der Waals surface area contributed by atoms with Gasteiger partial charge in [-0.2, -0.15) is 0 Å². The van der Waals surface area contributed by atoms with Gasteiger partial charge >= 0.3 is 0 Å². The molecule has 0 aliphatic rings. The van der Waals surface area contributed by atoms with E-state index in [9.17, 15) is 4.79 Å². The molecule has 0 atom stereocenters. The third-order valence-electron chi connectivity index (χ3n) is 4.05. The average molecular weight is 361 g/mol. The van der Waals surface area contributed by atoms with Crippen molar-refractivity contribution in [2.75, 3.05) is 22.1 Å². The van der Waals surface area contributed by atoms with Crippen molar-refractivity contribution in [2.24, 2.45) is 0 Å². The zero-order chi connectivity index (χ0) is 19.1. The average Bonchev–Trinajstić information content (AvgIpc) is 2.68. The number of carbonyl (C=O) groups excluding carboxylic acids is 1. The maximum absolute atomic E-state index is 11.1. The van der Waals surface area contributed by atoms with E-state index in [2.05, 4.69) is 44.6 Å². The Morgan fingerprint density at radius 1 is 1.00 bits per heavy atom. The minimum Gasteiger partial charge on any atom is -0.352 e. The van der Waals surface area contributed by atoms with Gasteiger partial charge in [-0.15, -0.1) is 0 Å². The Morgan fingerprint density at radius 2 is 1.70 bits per heavy atom. The summed E-state index contributed by atoms with van der Waals surface area (Å²) in [5.74, 6) is 1.50. The summed E-state index contributed by atoms with van der Waals surface area (Å²) in [6.07, 6.45) is 1.57. The zero-order valence-corrected chi connectivity index (χ0v) is 15.5. The first-order chi connectivity index (χ1) is 13.1. The lowest BCUT2D eigenvalue weighted by molar-refractivity contribution is -0.114. The van der Waals surface area contributed by atoms with Crippen molar-refractivity contribution in [3.05, 3.63) is 72.6 Å². The van der Waals surface area contributed by atoms with E-state index in [0.717, 1.165) is 36.1 Å². The van der Waals surface area contributed by atoms with Crippen LogP contribution >= 0.6 is 0 Å². The number of hydrogen-bond acceptors (Lipinski definition) is 5. The molecule has 0 saturated heterocycles. The summed E-state index contributed by atoms with van der Waals surface area (Å²) in [5, 5.41) is 6.03. The van der Waals surface area contributed by atoms with Crippen LogP contribution in [0.15, 0.2) is 67.0 Å². The first kappa shape index (κ1) is 18.4. The molecular weight excluding hydrogens is 338 g/mol. The number of benzene rings is 2. The third kappa shape index (κ3) is 5.28. The topological polar surface area (TPSA) is 70.2 Å². The molecule has 1 heterocycles. The number of amides is 1. The zero-order valence-electron chi connectivity index (χ0n) is 15.5. The van der Waals surface area contributed by atoms with Crippen molar-refractivity contribution >= 4 is 28.9 Å². The summed E-state index contributed by atoms with van der Waals surface area (Å²) in [6.45, 7) is 5.23. The highest BCUT2D eigenvalue weighted by Crippen LogP contribution is 2.21. The molecule has 6 nitrogen and oxygen atoms in total. The maximum atomic E-state index is 11.1. The summed E-state index contributed by atoms with van der Waals surface area (Å²) in [7, 11) is 0. The van der Waals surface area contributed by atoms with Crippen LogP contribution in [-0.4, -0.2) is 22.4 Å². The summed E-state index contributed by atoms with van der Waals surface area (Å²) >= 11 is 0. The quantitative estimate of drug-likeness (QED) is 0.660. The number of carbonyl (C=O) groups is 1. The van der Waals surface area contributed by atoms with E-state index in [4.69, 9.17) is 0 Å². The van der Waals surface area contributed by atoms with Gasteiger partial charge in [0.05, 0.1) is 0 Å². The Hall–Kier alpha value is -3.41. The molecule has 0 saturated carbocycles. The van der Waals surface area contributed by atoms with Crippen LogP contribution in [-0.2, 0) is 11.3 Å². The Balaban J connectivity index is 1.71. The second-order valence-corrected chi connectivity index (χ2v) is 6.14. The van der Waals surface area contributed by atoms with Crippen molar-refractivity contribution in [1.29, 1.82) is 0 Å². The standard InChI is InChI=1S/C21H23N5O/c1-3-26(14-17-7-5-4-6-8-17)21-13-20(22-15-23-21)25-19-11-9-18(10-12-19)24-16(2)27/h4-13,15H,3,14H2,1-2H3,(H,24,27)(H,22,23,25). The van der Waals surface area contributed by atoms with E-state index in [1.165, 1.54) is 12.5 Å². The maximum Gasteiger partial charge on any atom is 0.221 e. The molecular formula is C21H23N5O. The van der Waals surface area contributed by atoms with Crippen LogP contribution in [0.3, 0.4) is 0 Å². The Morgan fingerprint density at radius 3 is 2.37 bits per heavy atom. The summed E-state index contributed by atoms with van der Waals surface area (Å²) in [5.41, 5.74) is 2.89. The van der Waals surface area contributed by atoms with Gasteiger partial charge < -0.3 is 15.5 Å². The van der Waals surface area contributed by atoms with Crippen molar-refractivity contribution in [2.45, 2.75) is 20.4 Å². The molecule has 3 rings (SSSR count). The van der Waals surface area contributed by atoms with E-state index in [-0.39, 0.29) is 5.91 Å². The van der Waals surface area contributed by atoms with Gasteiger partial charge in [-0.05, 0) is 36.8 Å². The van der Waals surface area contributed by atoms with E-state index in [0.29, 0.717) is 0 Å². The highest BCUT2D eigenvalue weighted by molar-refractivity contribution is 5.88. The predicted octanol–water partition coefficient (Wildman–Crippen LogP) is 4.21. The molecule has 0 aliphatic heterocycles. The minimum atomic E-state index is -0.0887. The lowest BCUT2D eigenvalue weighted by Crippen LogP contribution is -2.23. The number of aromatic nitrogens is 2. The minimum absolute atomic E-state index is 0.0887. The second kappa shape index (κ2) is 8.80. The summed E-state index contributed by atoms with van der Waals surface area (Å²) in [6, 6.07) is 19.8. The van der Waals surface area contributed by atoms with E-state index in [1.807, 2.05) is 48.5 Å². The third-order valence-corrected chi connectivity index (χ3v) is 4.05. The Bertz CT molecular complexity index is 881. The lowest BCUT2D eigenvalue weighted by atomic mass is 10.2. The number of nitrogens with one attached hydrogen (secondary N) is 2. The molecule has 0 aliphatic carbocycles. The van der Waals surface area contributed by atoms with Crippen LogP contribution in [0, 0.1) is 0 Å². The largest absolute Gasteiger partial charge is 0.352 e. The van der Waals surface area contributed by atoms with Gasteiger partial charge in [0.2, 0.25) is 5.91 Å². The van der Waals surface area contributed by atoms with Crippen molar-refractivity contribution in [3.8, 4) is 0 Å². The van der Waals surface area contributed by atoms with Crippen LogP contribution in [0.25, 0.3) is 0 Å². The predicted molar refractivity (Wildman–Crippen MR) is 109 cm³/mol. The molecule has 1 amide bonds. The normalized spacial score (nSPS) is 10.3. The fourth-order valence-electron chi connectivity index (χ4n) is 2.73. The highest BCUT2D eigenvalue weighted by Gasteiger charge is 2.08. The van der Waals surface area contributed by atoms with Crippen LogP contribution in [0.5, 0.6) is 0 Å². The molecule has 0 fully saturated rings. The number of hydrogen-bond donors (Lipinski definition) is 2. The van der Waals surface area contributed by atoms with Crippen LogP contribution < -0.4 is 15.5 Å². The van der Waals surface area contributed by atoms with E-state index >= 15 is 0 Å². The van der Waals surface area contributed by atoms with E-state index in [1.54, 1.807) is 6.33 Å².